The number of amides is 1. The molecule has 0 bridgehead atoms. The molecule has 3 aromatic carbocycles. The summed E-state index contributed by atoms with van der Waals surface area (Å²) in [7, 11) is 1.81. The molecule has 2 heterocycles. The number of nitrogens with zero attached hydrogens (tertiary/aromatic N) is 4. The predicted molar refractivity (Wildman–Crippen MR) is 225 cm³/mol. The van der Waals surface area contributed by atoms with Gasteiger partial charge in [0.2, 0.25) is 5.91 Å². The van der Waals surface area contributed by atoms with E-state index in [1.807, 2.05) is 73.6 Å². The van der Waals surface area contributed by atoms with Crippen molar-refractivity contribution < 1.29 is 18.5 Å². The van der Waals surface area contributed by atoms with Gasteiger partial charge in [0.05, 0.1) is 11.2 Å². The van der Waals surface area contributed by atoms with Crippen molar-refractivity contribution >= 4 is 39.5 Å². The number of carbonyl (C=O) groups excluding carboxylic acids is 1. The van der Waals surface area contributed by atoms with Crippen LogP contribution in [0.15, 0.2) is 82.7 Å². The molecule has 1 aliphatic heterocycles. The van der Waals surface area contributed by atoms with E-state index in [2.05, 4.69) is 69.4 Å². The summed E-state index contributed by atoms with van der Waals surface area (Å²) < 4.78 is 28.9. The molecule has 1 aliphatic carbocycles. The third kappa shape index (κ3) is 9.62. The molecular formula is C43H55BFN4O4PS. The van der Waals surface area contributed by atoms with Crippen LogP contribution in [0.5, 0.6) is 0 Å². The summed E-state index contributed by atoms with van der Waals surface area (Å²) in [5.41, 5.74) is 6.35. The van der Waals surface area contributed by atoms with E-state index in [-0.39, 0.29) is 18.0 Å². The highest BCUT2D eigenvalue weighted by Crippen LogP contribution is 2.37. The van der Waals surface area contributed by atoms with Crippen molar-refractivity contribution in [3.05, 3.63) is 111 Å². The maximum absolute atomic E-state index is 14.4. The summed E-state index contributed by atoms with van der Waals surface area (Å²) >= 11 is 1.49. The highest BCUT2D eigenvalue weighted by molar-refractivity contribution is 7.98. The van der Waals surface area contributed by atoms with Crippen LogP contribution in [0.2, 0.25) is 0 Å². The molecule has 6 rings (SSSR count). The second kappa shape index (κ2) is 17.0. The van der Waals surface area contributed by atoms with Crippen LogP contribution in [0.3, 0.4) is 0 Å². The Kier molecular flexibility index (Phi) is 12.8. The van der Waals surface area contributed by atoms with Gasteiger partial charge in [-0.05, 0) is 100 Å². The van der Waals surface area contributed by atoms with Crippen molar-refractivity contribution in [3.8, 4) is 11.1 Å². The summed E-state index contributed by atoms with van der Waals surface area (Å²) in [4.78, 5) is 36.4. The summed E-state index contributed by atoms with van der Waals surface area (Å²) in [6, 6.07) is 24.0. The quantitative estimate of drug-likeness (QED) is 0.0540. The number of likely N-dealkylation sites (N-methyl/N-ethyl adjacent to an activating group) is 1. The van der Waals surface area contributed by atoms with Crippen molar-refractivity contribution in [2.45, 2.75) is 108 Å². The summed E-state index contributed by atoms with van der Waals surface area (Å²) in [5.74, 6) is 0.584. The first-order valence-corrected chi connectivity index (χ1v) is 21.0. The Bertz CT molecular complexity index is 2000. The number of halogens is 1. The average molecular weight is 785 g/mol. The predicted octanol–water partition coefficient (Wildman–Crippen LogP) is 7.38. The largest absolute Gasteiger partial charge is 0.494 e. The molecule has 0 spiro atoms. The minimum absolute atomic E-state index is 0.00769. The third-order valence-electron chi connectivity index (χ3n) is 11.4. The molecule has 1 amide bonds. The lowest BCUT2D eigenvalue weighted by Crippen LogP contribution is -2.41. The number of benzene rings is 3. The normalized spacial score (nSPS) is 17.0. The van der Waals surface area contributed by atoms with Gasteiger partial charge in [0.25, 0.3) is 5.56 Å². The highest BCUT2D eigenvalue weighted by Gasteiger charge is 2.51. The van der Waals surface area contributed by atoms with Crippen molar-refractivity contribution in [2.24, 2.45) is 0 Å². The van der Waals surface area contributed by atoms with Gasteiger partial charge in [0.1, 0.15) is 12.0 Å². The van der Waals surface area contributed by atoms with Gasteiger partial charge in [-0.1, -0.05) is 108 Å². The molecule has 12 heteroatoms. The Morgan fingerprint density at radius 2 is 1.49 bits per heavy atom. The summed E-state index contributed by atoms with van der Waals surface area (Å²) in [6.45, 7) is 17.7. The minimum atomic E-state index is -1.47. The highest BCUT2D eigenvalue weighted by atomic mass is 32.2. The van der Waals surface area contributed by atoms with Gasteiger partial charge in [-0.15, -0.1) is 0 Å². The maximum atomic E-state index is 14.4. The van der Waals surface area contributed by atoms with Crippen LogP contribution in [0.1, 0.15) is 82.8 Å². The molecule has 2 aliphatic rings. The molecule has 1 aromatic heterocycles. The number of thioether (sulfide) groups is 1. The number of alkyl halides is 1. The fraction of sp³-hybridized carbons (Fsp3) is 0.465. The molecule has 2 unspecified atom stereocenters. The standard InChI is InChI=1S/C43H55BFN4O4PS/c1-8-47(9-2)25-26-48(27-30-13-17-32(18-14-30)33-19-21-34(22-20-33)43(7,45)54)38(50)28-49-37-12-10-11-36(37)39(51)46-40(49)55-29-31-15-23-35(24-16-31)44-52-41(3,4)42(5,6)53-44/h13-24H,8-12,25-29,54H2,1-7H3. The monoisotopic (exact) mass is 784 g/mol. The van der Waals surface area contributed by atoms with Gasteiger partial charge < -0.3 is 23.7 Å². The van der Waals surface area contributed by atoms with Gasteiger partial charge in [-0.3, -0.25) is 9.59 Å². The van der Waals surface area contributed by atoms with Gasteiger partial charge >= 0.3 is 7.12 Å². The molecule has 1 fully saturated rings. The second-order valence-electron chi connectivity index (χ2n) is 15.9. The Morgan fingerprint density at radius 1 is 0.909 bits per heavy atom. The van der Waals surface area contributed by atoms with Crippen molar-refractivity contribution in [1.82, 2.24) is 19.4 Å². The van der Waals surface area contributed by atoms with Crippen molar-refractivity contribution in [1.29, 1.82) is 0 Å². The fourth-order valence-corrected chi connectivity index (χ4v) is 8.26. The van der Waals surface area contributed by atoms with Gasteiger partial charge in [0.15, 0.2) is 5.16 Å². The number of fused-ring (bicyclic) bond motifs is 1. The molecule has 0 N–H and O–H groups in total. The Labute approximate surface area is 332 Å². The van der Waals surface area contributed by atoms with Crippen molar-refractivity contribution in [3.63, 3.8) is 0 Å². The number of hydrogen-bond donors (Lipinski definition) is 0. The lowest BCUT2D eigenvalue weighted by atomic mass is 9.79. The molecule has 1 saturated heterocycles. The van der Waals surface area contributed by atoms with Crippen LogP contribution in [0.4, 0.5) is 4.39 Å². The Morgan fingerprint density at radius 3 is 2.07 bits per heavy atom. The maximum Gasteiger partial charge on any atom is 0.494 e. The average Bonchev–Trinajstić information content (AvgIpc) is 3.74. The molecular weight excluding hydrogens is 729 g/mol. The van der Waals surface area contributed by atoms with E-state index in [0.717, 1.165) is 71.4 Å². The van der Waals surface area contributed by atoms with E-state index in [0.29, 0.717) is 36.0 Å². The number of carbonyl (C=O) groups is 1. The number of hydrogen-bond acceptors (Lipinski definition) is 7. The topological polar surface area (TPSA) is 76.9 Å². The zero-order chi connectivity index (χ0) is 39.5. The summed E-state index contributed by atoms with van der Waals surface area (Å²) in [6.07, 6.45) is 2.31. The van der Waals surface area contributed by atoms with E-state index in [1.54, 1.807) is 0 Å². The zero-order valence-corrected chi connectivity index (χ0v) is 35.3. The van der Waals surface area contributed by atoms with E-state index in [9.17, 15) is 14.0 Å². The van der Waals surface area contributed by atoms with Gasteiger partial charge in [-0.2, -0.15) is 4.98 Å². The number of rotatable bonds is 15. The van der Waals surface area contributed by atoms with E-state index in [4.69, 9.17) is 9.31 Å². The first-order valence-electron chi connectivity index (χ1n) is 19.5. The SMILES string of the molecule is CCN(CC)CCN(Cc1ccc(-c2ccc(C(C)(F)P)cc2)cc1)C(=O)Cn1c(SCc2ccc(B3OC(C)(C)C(C)(C)O3)cc2)nc(=O)c2c1CCC2. The second-order valence-corrected chi connectivity index (χ2v) is 17.9. The van der Waals surface area contributed by atoms with Gasteiger partial charge in [-0.25, -0.2) is 4.39 Å². The van der Waals surface area contributed by atoms with Crippen LogP contribution in [-0.4, -0.2) is 69.8 Å². The smallest absolute Gasteiger partial charge is 0.399 e. The first kappa shape index (κ1) is 41.3. The van der Waals surface area contributed by atoms with Crippen LogP contribution in [-0.2, 0) is 51.2 Å². The van der Waals surface area contributed by atoms with E-state index >= 15 is 0 Å². The molecule has 4 aromatic rings. The molecule has 0 saturated carbocycles. The zero-order valence-electron chi connectivity index (χ0n) is 33.4. The first-order chi connectivity index (χ1) is 26.1. The number of aromatic nitrogens is 2. The van der Waals surface area contributed by atoms with E-state index < -0.39 is 23.7 Å². The molecule has 292 valence electrons. The third-order valence-corrected chi connectivity index (χ3v) is 12.8. The summed E-state index contributed by atoms with van der Waals surface area (Å²) in [5, 5.41) is -0.903. The molecule has 8 nitrogen and oxygen atoms in total. The van der Waals surface area contributed by atoms with Crippen molar-refractivity contribution in [2.75, 3.05) is 26.2 Å². The Balaban J connectivity index is 1.20. The van der Waals surface area contributed by atoms with Crippen LogP contribution >= 0.6 is 21.0 Å². The molecule has 2 atom stereocenters. The van der Waals surface area contributed by atoms with E-state index in [1.165, 1.54) is 18.7 Å². The fourth-order valence-electron chi connectivity index (χ4n) is 7.10. The lowest BCUT2D eigenvalue weighted by molar-refractivity contribution is -0.132. The van der Waals surface area contributed by atoms with Crippen LogP contribution in [0.25, 0.3) is 11.1 Å². The van der Waals surface area contributed by atoms with Crippen LogP contribution < -0.4 is 11.0 Å². The Hall–Kier alpha value is -3.34. The minimum Gasteiger partial charge on any atom is -0.399 e. The van der Waals surface area contributed by atoms with Crippen LogP contribution in [0, 0.1) is 0 Å². The van der Waals surface area contributed by atoms with Gasteiger partial charge in [0, 0.05) is 36.6 Å². The molecule has 55 heavy (non-hydrogen) atoms. The molecule has 0 radical (unpaired) electrons. The lowest BCUT2D eigenvalue weighted by Gasteiger charge is -2.32.